The van der Waals surface area contributed by atoms with Crippen LogP contribution in [-0.2, 0) is 0 Å². The number of piperazine rings is 1. The van der Waals surface area contributed by atoms with Gasteiger partial charge in [-0.15, -0.1) is 12.4 Å². The fourth-order valence-corrected chi connectivity index (χ4v) is 2.46. The van der Waals surface area contributed by atoms with Gasteiger partial charge < -0.3 is 10.4 Å². The largest absolute Gasteiger partial charge is 0.396 e. The van der Waals surface area contributed by atoms with Gasteiger partial charge in [-0.2, -0.15) is 5.26 Å². The van der Waals surface area contributed by atoms with E-state index in [0.29, 0.717) is 5.56 Å². The van der Waals surface area contributed by atoms with Gasteiger partial charge in [0.05, 0.1) is 11.6 Å². The fourth-order valence-electron chi connectivity index (χ4n) is 2.46. The summed E-state index contributed by atoms with van der Waals surface area (Å²) >= 11 is 0. The molecule has 0 aromatic heterocycles. The van der Waals surface area contributed by atoms with Crippen molar-refractivity contribution >= 4 is 12.4 Å². The third kappa shape index (κ3) is 4.19. The zero-order chi connectivity index (χ0) is 12.8. The molecule has 1 saturated heterocycles. The number of nitrogens with zero attached hydrogens (tertiary/aromatic N) is 2. The Balaban J connectivity index is 0.00000180. The summed E-state index contributed by atoms with van der Waals surface area (Å²) in [5.74, 6) is 0. The van der Waals surface area contributed by atoms with Crippen molar-refractivity contribution in [1.82, 2.24) is 10.2 Å². The van der Waals surface area contributed by atoms with Gasteiger partial charge in [0.1, 0.15) is 0 Å². The van der Waals surface area contributed by atoms with E-state index in [1.165, 1.54) is 5.56 Å². The van der Waals surface area contributed by atoms with Crippen LogP contribution in [0.5, 0.6) is 0 Å². The predicted octanol–water partition coefficient (Wildman–Crippen LogP) is 1.31. The maximum atomic E-state index is 9.23. The Morgan fingerprint density at radius 3 is 2.42 bits per heavy atom. The molecule has 1 aliphatic rings. The van der Waals surface area contributed by atoms with Crippen LogP contribution in [0.15, 0.2) is 24.3 Å². The standard InChI is InChI=1S/C14H19N3O.ClH/c15-11-12-1-3-13(4-2-12)14(5-10-18)17-8-6-16-7-9-17;/h1-4,14,16,18H,5-10H2;1H/t14-;/m1./s1. The van der Waals surface area contributed by atoms with Crippen molar-refractivity contribution in [3.8, 4) is 6.07 Å². The minimum absolute atomic E-state index is 0. The van der Waals surface area contributed by atoms with E-state index in [1.807, 2.05) is 24.3 Å². The molecule has 19 heavy (non-hydrogen) atoms. The van der Waals surface area contributed by atoms with E-state index in [2.05, 4.69) is 16.3 Å². The summed E-state index contributed by atoms with van der Waals surface area (Å²) in [6, 6.07) is 10.1. The fraction of sp³-hybridized carbons (Fsp3) is 0.500. The second-order valence-electron chi connectivity index (χ2n) is 4.55. The van der Waals surface area contributed by atoms with E-state index in [-0.39, 0.29) is 25.1 Å². The molecule has 1 aliphatic heterocycles. The molecule has 0 bridgehead atoms. The molecule has 1 aromatic rings. The minimum Gasteiger partial charge on any atom is -0.396 e. The summed E-state index contributed by atoms with van der Waals surface area (Å²) < 4.78 is 0. The molecule has 1 atom stereocenters. The number of aliphatic hydroxyl groups is 1. The molecule has 1 heterocycles. The molecule has 0 unspecified atom stereocenters. The maximum absolute atomic E-state index is 9.23. The Kier molecular flexibility index (Phi) is 6.82. The van der Waals surface area contributed by atoms with Gasteiger partial charge in [-0.3, -0.25) is 4.90 Å². The van der Waals surface area contributed by atoms with Crippen molar-refractivity contribution in [1.29, 1.82) is 5.26 Å². The third-order valence-corrected chi connectivity index (χ3v) is 3.42. The number of hydrogen-bond donors (Lipinski definition) is 2. The van der Waals surface area contributed by atoms with E-state index in [0.717, 1.165) is 32.6 Å². The number of aliphatic hydroxyl groups excluding tert-OH is 1. The van der Waals surface area contributed by atoms with E-state index < -0.39 is 0 Å². The van der Waals surface area contributed by atoms with Crippen LogP contribution in [0.25, 0.3) is 0 Å². The topological polar surface area (TPSA) is 59.3 Å². The molecule has 104 valence electrons. The van der Waals surface area contributed by atoms with Crippen LogP contribution in [0.3, 0.4) is 0 Å². The quantitative estimate of drug-likeness (QED) is 0.874. The van der Waals surface area contributed by atoms with Gasteiger partial charge in [-0.25, -0.2) is 0 Å². The monoisotopic (exact) mass is 281 g/mol. The van der Waals surface area contributed by atoms with Crippen molar-refractivity contribution in [3.05, 3.63) is 35.4 Å². The van der Waals surface area contributed by atoms with E-state index in [9.17, 15) is 5.11 Å². The van der Waals surface area contributed by atoms with Crippen LogP contribution >= 0.6 is 12.4 Å². The van der Waals surface area contributed by atoms with Gasteiger partial charge in [0, 0.05) is 38.8 Å². The van der Waals surface area contributed by atoms with Crippen LogP contribution in [0.2, 0.25) is 0 Å². The number of rotatable bonds is 4. The number of benzene rings is 1. The first-order chi connectivity index (χ1) is 8.85. The van der Waals surface area contributed by atoms with Gasteiger partial charge >= 0.3 is 0 Å². The highest BCUT2D eigenvalue weighted by atomic mass is 35.5. The van der Waals surface area contributed by atoms with Gasteiger partial charge in [-0.1, -0.05) is 12.1 Å². The molecule has 4 nitrogen and oxygen atoms in total. The van der Waals surface area contributed by atoms with Crippen molar-refractivity contribution in [2.45, 2.75) is 12.5 Å². The lowest BCUT2D eigenvalue weighted by Crippen LogP contribution is -2.45. The van der Waals surface area contributed by atoms with Crippen LogP contribution in [0, 0.1) is 11.3 Å². The van der Waals surface area contributed by atoms with E-state index in [4.69, 9.17) is 5.26 Å². The van der Waals surface area contributed by atoms with E-state index >= 15 is 0 Å². The summed E-state index contributed by atoms with van der Waals surface area (Å²) in [5, 5.41) is 21.4. The highest BCUT2D eigenvalue weighted by molar-refractivity contribution is 5.85. The number of halogens is 1. The highest BCUT2D eigenvalue weighted by Crippen LogP contribution is 2.24. The second kappa shape index (κ2) is 8.13. The lowest BCUT2D eigenvalue weighted by molar-refractivity contribution is 0.141. The molecule has 0 saturated carbocycles. The van der Waals surface area contributed by atoms with Crippen molar-refractivity contribution in [2.24, 2.45) is 0 Å². The summed E-state index contributed by atoms with van der Waals surface area (Å²) in [6.07, 6.45) is 0.742. The van der Waals surface area contributed by atoms with Crippen molar-refractivity contribution in [2.75, 3.05) is 32.8 Å². The van der Waals surface area contributed by atoms with Gasteiger partial charge in [-0.05, 0) is 24.1 Å². The first kappa shape index (κ1) is 15.9. The molecule has 2 rings (SSSR count). The maximum Gasteiger partial charge on any atom is 0.0991 e. The first-order valence-corrected chi connectivity index (χ1v) is 6.41. The second-order valence-corrected chi connectivity index (χ2v) is 4.55. The smallest absolute Gasteiger partial charge is 0.0991 e. The van der Waals surface area contributed by atoms with Crippen LogP contribution in [0.1, 0.15) is 23.6 Å². The molecule has 5 heteroatoms. The lowest BCUT2D eigenvalue weighted by Gasteiger charge is -2.35. The highest BCUT2D eigenvalue weighted by Gasteiger charge is 2.21. The predicted molar refractivity (Wildman–Crippen MR) is 77.3 cm³/mol. The Labute approximate surface area is 120 Å². The van der Waals surface area contributed by atoms with Gasteiger partial charge in [0.25, 0.3) is 0 Å². The summed E-state index contributed by atoms with van der Waals surface area (Å²) in [4.78, 5) is 2.40. The Hall–Kier alpha value is -1.12. The third-order valence-electron chi connectivity index (χ3n) is 3.42. The molecule has 0 aliphatic carbocycles. The van der Waals surface area contributed by atoms with E-state index in [1.54, 1.807) is 0 Å². The van der Waals surface area contributed by atoms with Crippen LogP contribution in [0.4, 0.5) is 0 Å². The summed E-state index contributed by atoms with van der Waals surface area (Å²) in [6.45, 7) is 4.19. The Morgan fingerprint density at radius 1 is 1.26 bits per heavy atom. The molecule has 0 spiro atoms. The lowest BCUT2D eigenvalue weighted by atomic mass is 10.0. The van der Waals surface area contributed by atoms with Gasteiger partial charge in [0.15, 0.2) is 0 Å². The number of nitriles is 1. The number of hydrogen-bond acceptors (Lipinski definition) is 4. The molecule has 2 N–H and O–H groups in total. The Morgan fingerprint density at radius 2 is 1.89 bits per heavy atom. The zero-order valence-corrected chi connectivity index (χ0v) is 11.7. The first-order valence-electron chi connectivity index (χ1n) is 6.41. The minimum atomic E-state index is 0. The summed E-state index contributed by atoms with van der Waals surface area (Å²) in [5.41, 5.74) is 1.87. The molecular weight excluding hydrogens is 262 g/mol. The summed E-state index contributed by atoms with van der Waals surface area (Å²) in [7, 11) is 0. The zero-order valence-electron chi connectivity index (χ0n) is 10.9. The number of nitrogens with one attached hydrogen (secondary N) is 1. The average molecular weight is 282 g/mol. The Bertz CT molecular complexity index is 410. The molecule has 0 radical (unpaired) electrons. The molecule has 1 fully saturated rings. The molecule has 0 amide bonds. The molecule has 1 aromatic carbocycles. The average Bonchev–Trinajstić information content (AvgIpc) is 2.46. The van der Waals surface area contributed by atoms with Gasteiger partial charge in [0.2, 0.25) is 0 Å². The van der Waals surface area contributed by atoms with Crippen molar-refractivity contribution in [3.63, 3.8) is 0 Å². The SMILES string of the molecule is Cl.N#Cc1ccc([C@@H](CCO)N2CCNCC2)cc1. The molecular formula is C14H20ClN3O. The normalized spacial score (nSPS) is 17.3. The van der Waals surface area contributed by atoms with Crippen LogP contribution < -0.4 is 5.32 Å². The van der Waals surface area contributed by atoms with Crippen molar-refractivity contribution < 1.29 is 5.11 Å². The van der Waals surface area contributed by atoms with Crippen LogP contribution in [-0.4, -0.2) is 42.8 Å².